The van der Waals surface area contributed by atoms with E-state index in [2.05, 4.69) is 5.32 Å². The molecular formula is C17H22N2O5. The third-order valence-electron chi connectivity index (χ3n) is 4.16. The maximum atomic E-state index is 12.4. The van der Waals surface area contributed by atoms with Crippen molar-refractivity contribution >= 4 is 17.8 Å². The molecule has 0 radical (unpaired) electrons. The van der Waals surface area contributed by atoms with Crippen LogP contribution in [0.5, 0.6) is 0 Å². The Morgan fingerprint density at radius 2 is 1.92 bits per heavy atom. The molecule has 2 rings (SSSR count). The fourth-order valence-electron chi connectivity index (χ4n) is 2.84. The smallest absolute Gasteiger partial charge is 0.326 e. The Hall–Kier alpha value is -2.41. The molecule has 24 heavy (non-hydrogen) atoms. The number of amides is 2. The van der Waals surface area contributed by atoms with E-state index in [1.807, 2.05) is 31.2 Å². The van der Waals surface area contributed by atoms with Gasteiger partial charge in [0.2, 0.25) is 11.8 Å². The second-order valence-electron chi connectivity index (χ2n) is 6.17. The van der Waals surface area contributed by atoms with Crippen molar-refractivity contribution in [2.75, 3.05) is 6.54 Å². The van der Waals surface area contributed by atoms with Gasteiger partial charge in [-0.25, -0.2) is 4.79 Å². The number of hydrogen-bond acceptors (Lipinski definition) is 4. The summed E-state index contributed by atoms with van der Waals surface area (Å²) in [6, 6.07) is 5.46. The van der Waals surface area contributed by atoms with E-state index < -0.39 is 30.1 Å². The van der Waals surface area contributed by atoms with E-state index in [0.29, 0.717) is 0 Å². The van der Waals surface area contributed by atoms with Gasteiger partial charge in [0.25, 0.3) is 0 Å². The molecular weight excluding hydrogens is 312 g/mol. The minimum Gasteiger partial charge on any atom is -0.480 e. The average molecular weight is 334 g/mol. The van der Waals surface area contributed by atoms with Gasteiger partial charge in [-0.05, 0) is 12.5 Å². The van der Waals surface area contributed by atoms with Crippen LogP contribution in [0.2, 0.25) is 0 Å². The summed E-state index contributed by atoms with van der Waals surface area (Å²) >= 11 is 0. The summed E-state index contributed by atoms with van der Waals surface area (Å²) in [5, 5.41) is 21.5. The second-order valence-corrected chi connectivity index (χ2v) is 6.17. The summed E-state index contributed by atoms with van der Waals surface area (Å²) < 4.78 is 0. The molecule has 1 aliphatic rings. The van der Waals surface area contributed by atoms with E-state index in [9.17, 15) is 24.6 Å². The Labute approximate surface area is 140 Å². The molecule has 130 valence electrons. The summed E-state index contributed by atoms with van der Waals surface area (Å²) in [6.45, 7) is 3.34. The molecule has 1 heterocycles. The Bertz CT molecular complexity index is 628. The van der Waals surface area contributed by atoms with Crippen molar-refractivity contribution in [1.29, 1.82) is 0 Å². The topological polar surface area (TPSA) is 107 Å². The van der Waals surface area contributed by atoms with Gasteiger partial charge < -0.3 is 20.4 Å². The molecule has 0 aliphatic carbocycles. The number of aliphatic hydroxyl groups is 1. The van der Waals surface area contributed by atoms with Gasteiger partial charge in [0.15, 0.2) is 0 Å². The van der Waals surface area contributed by atoms with Crippen LogP contribution in [0.1, 0.15) is 24.5 Å². The van der Waals surface area contributed by atoms with Crippen molar-refractivity contribution in [3.63, 3.8) is 0 Å². The molecule has 0 aromatic heterocycles. The maximum Gasteiger partial charge on any atom is 0.326 e. The number of aliphatic carboxylic acids is 1. The predicted molar refractivity (Wildman–Crippen MR) is 86.2 cm³/mol. The number of rotatable bonds is 5. The van der Waals surface area contributed by atoms with Crippen molar-refractivity contribution in [2.45, 2.75) is 44.9 Å². The van der Waals surface area contributed by atoms with Crippen LogP contribution in [0, 0.1) is 6.92 Å². The molecule has 1 aliphatic heterocycles. The van der Waals surface area contributed by atoms with Crippen molar-refractivity contribution in [3.05, 3.63) is 35.4 Å². The van der Waals surface area contributed by atoms with E-state index in [1.54, 1.807) is 0 Å². The number of benzene rings is 1. The van der Waals surface area contributed by atoms with Gasteiger partial charge in [-0.1, -0.05) is 29.8 Å². The molecule has 0 spiro atoms. The van der Waals surface area contributed by atoms with Gasteiger partial charge in [0.1, 0.15) is 12.1 Å². The fourth-order valence-corrected chi connectivity index (χ4v) is 2.84. The third kappa shape index (κ3) is 4.32. The van der Waals surface area contributed by atoms with Crippen LogP contribution >= 0.6 is 0 Å². The Kier molecular flexibility index (Phi) is 5.56. The van der Waals surface area contributed by atoms with E-state index in [1.165, 1.54) is 11.8 Å². The van der Waals surface area contributed by atoms with E-state index in [0.717, 1.165) is 11.1 Å². The minimum atomic E-state index is -1.14. The number of likely N-dealkylation sites (tertiary alicyclic amines) is 1. The van der Waals surface area contributed by atoms with Gasteiger partial charge in [0.05, 0.1) is 6.10 Å². The first kappa shape index (κ1) is 17.9. The Balaban J connectivity index is 2.06. The zero-order valence-corrected chi connectivity index (χ0v) is 13.7. The number of aliphatic hydroxyl groups excluding tert-OH is 1. The van der Waals surface area contributed by atoms with Crippen LogP contribution in [0.15, 0.2) is 24.3 Å². The number of carbonyl (C=O) groups excluding carboxylic acids is 2. The van der Waals surface area contributed by atoms with Crippen LogP contribution in [-0.4, -0.2) is 57.6 Å². The number of β-amino-alcohol motifs (C(OH)–C–C–N with tert-alkyl or cyclic N) is 1. The highest BCUT2D eigenvalue weighted by Crippen LogP contribution is 2.18. The average Bonchev–Trinajstić information content (AvgIpc) is 2.91. The minimum absolute atomic E-state index is 0.0864. The number of hydrogen-bond donors (Lipinski definition) is 3. The quantitative estimate of drug-likeness (QED) is 0.707. The number of carboxylic acids is 1. The van der Waals surface area contributed by atoms with Gasteiger partial charge in [0, 0.05) is 26.3 Å². The van der Waals surface area contributed by atoms with Gasteiger partial charge >= 0.3 is 5.97 Å². The van der Waals surface area contributed by atoms with Crippen molar-refractivity contribution in [2.24, 2.45) is 0 Å². The largest absolute Gasteiger partial charge is 0.480 e. The molecule has 1 fully saturated rings. The van der Waals surface area contributed by atoms with E-state index >= 15 is 0 Å². The monoisotopic (exact) mass is 334 g/mol. The zero-order valence-electron chi connectivity index (χ0n) is 13.7. The van der Waals surface area contributed by atoms with E-state index in [-0.39, 0.29) is 25.3 Å². The summed E-state index contributed by atoms with van der Waals surface area (Å²) in [6.07, 6.45) is -0.510. The molecule has 0 unspecified atom stereocenters. The summed E-state index contributed by atoms with van der Waals surface area (Å²) in [5.41, 5.74) is 1.86. The standard InChI is InChI=1S/C17H22N2O5/c1-10-3-5-12(6-4-10)7-14(17(23)24)18-16(22)15-8-13(21)9-19(15)11(2)20/h3-6,13-15,21H,7-9H2,1-2H3,(H,18,22)(H,23,24)/t13-,14-,15+/m1/s1. The molecule has 7 heteroatoms. The highest BCUT2D eigenvalue weighted by molar-refractivity contribution is 5.90. The molecule has 3 N–H and O–H groups in total. The highest BCUT2D eigenvalue weighted by atomic mass is 16.4. The van der Waals surface area contributed by atoms with Crippen LogP contribution in [0.25, 0.3) is 0 Å². The van der Waals surface area contributed by atoms with Gasteiger partial charge in [-0.2, -0.15) is 0 Å². The number of aryl methyl sites for hydroxylation is 1. The van der Waals surface area contributed by atoms with Crippen molar-refractivity contribution in [3.8, 4) is 0 Å². The van der Waals surface area contributed by atoms with Gasteiger partial charge in [-0.3, -0.25) is 9.59 Å². The fraction of sp³-hybridized carbons (Fsp3) is 0.471. The third-order valence-corrected chi connectivity index (χ3v) is 4.16. The SMILES string of the molecule is CC(=O)N1C[C@H](O)C[C@H]1C(=O)N[C@H](Cc1ccc(C)cc1)C(=O)O. The normalized spacial score (nSPS) is 21.4. The molecule has 0 bridgehead atoms. The molecule has 2 amide bonds. The Morgan fingerprint density at radius 3 is 2.46 bits per heavy atom. The van der Waals surface area contributed by atoms with Crippen molar-refractivity contribution in [1.82, 2.24) is 10.2 Å². The first-order chi connectivity index (χ1) is 11.3. The van der Waals surface area contributed by atoms with Gasteiger partial charge in [-0.15, -0.1) is 0 Å². The van der Waals surface area contributed by atoms with Crippen LogP contribution in [-0.2, 0) is 20.8 Å². The highest BCUT2D eigenvalue weighted by Gasteiger charge is 2.38. The van der Waals surface area contributed by atoms with Crippen molar-refractivity contribution < 1.29 is 24.6 Å². The molecule has 1 saturated heterocycles. The molecule has 3 atom stereocenters. The summed E-state index contributed by atoms with van der Waals surface area (Å²) in [5.74, 6) is -2.02. The lowest BCUT2D eigenvalue weighted by molar-refractivity contribution is -0.143. The second kappa shape index (κ2) is 7.44. The first-order valence-corrected chi connectivity index (χ1v) is 7.82. The number of carboxylic acid groups (broad SMARTS) is 1. The van der Waals surface area contributed by atoms with Crippen LogP contribution in [0.3, 0.4) is 0 Å². The lowest BCUT2D eigenvalue weighted by atomic mass is 10.0. The summed E-state index contributed by atoms with van der Waals surface area (Å²) in [7, 11) is 0. The molecule has 7 nitrogen and oxygen atoms in total. The number of nitrogens with one attached hydrogen (secondary N) is 1. The lowest BCUT2D eigenvalue weighted by Gasteiger charge is -2.24. The lowest BCUT2D eigenvalue weighted by Crippen LogP contribution is -2.51. The Morgan fingerprint density at radius 1 is 1.29 bits per heavy atom. The van der Waals surface area contributed by atoms with E-state index in [4.69, 9.17) is 0 Å². The molecule has 1 aromatic rings. The predicted octanol–water partition coefficient (Wildman–Crippen LogP) is 0.0886. The van der Waals surface area contributed by atoms with Crippen LogP contribution in [0.4, 0.5) is 0 Å². The molecule has 0 saturated carbocycles. The number of carbonyl (C=O) groups is 3. The zero-order chi connectivity index (χ0) is 17.9. The maximum absolute atomic E-state index is 12.4. The van der Waals surface area contributed by atoms with Crippen LogP contribution < -0.4 is 5.32 Å². The molecule has 1 aromatic carbocycles. The summed E-state index contributed by atoms with van der Waals surface area (Å²) in [4.78, 5) is 36.7. The number of nitrogens with zero attached hydrogens (tertiary/aromatic N) is 1. The first-order valence-electron chi connectivity index (χ1n) is 7.82.